The lowest BCUT2D eigenvalue weighted by Crippen LogP contribution is -2.09. The van der Waals surface area contributed by atoms with E-state index in [1.54, 1.807) is 12.1 Å². The molecule has 0 radical (unpaired) electrons. The predicted molar refractivity (Wildman–Crippen MR) is 79.4 cm³/mol. The van der Waals surface area contributed by atoms with Gasteiger partial charge in [0.05, 0.1) is 0 Å². The van der Waals surface area contributed by atoms with Crippen LogP contribution in [0.25, 0.3) is 0 Å². The third-order valence-corrected chi connectivity index (χ3v) is 3.16. The minimum absolute atomic E-state index is 0.210. The number of benzene rings is 2. The van der Waals surface area contributed by atoms with Gasteiger partial charge in [-0.1, -0.05) is 28.1 Å². The number of nitrogens with two attached hydrogens (primary N) is 1. The summed E-state index contributed by atoms with van der Waals surface area (Å²) in [6.45, 7) is 1.12. The Morgan fingerprint density at radius 1 is 1.00 bits per heavy atom. The molecule has 0 spiro atoms. The van der Waals surface area contributed by atoms with E-state index in [2.05, 4.69) is 15.9 Å². The number of hydrogen-bond acceptors (Lipinski definition) is 3. The molecule has 0 unspecified atom stereocenters. The lowest BCUT2D eigenvalue weighted by molar-refractivity contribution is 0.211. The molecule has 106 valence electrons. The van der Waals surface area contributed by atoms with E-state index >= 15 is 0 Å². The van der Waals surface area contributed by atoms with E-state index in [1.165, 1.54) is 6.07 Å². The van der Waals surface area contributed by atoms with Crippen molar-refractivity contribution in [2.24, 2.45) is 5.73 Å². The van der Waals surface area contributed by atoms with Gasteiger partial charge in [0.25, 0.3) is 0 Å². The van der Waals surface area contributed by atoms with Crippen molar-refractivity contribution in [2.45, 2.75) is 6.54 Å². The Hall–Kier alpha value is -1.59. The van der Waals surface area contributed by atoms with Gasteiger partial charge in [0.2, 0.25) is 0 Å². The minimum Gasteiger partial charge on any atom is -0.490 e. The quantitative estimate of drug-likeness (QED) is 0.819. The van der Waals surface area contributed by atoms with Gasteiger partial charge in [0.1, 0.15) is 19.0 Å². The normalized spacial score (nSPS) is 10.3. The van der Waals surface area contributed by atoms with Crippen molar-refractivity contribution in [1.29, 1.82) is 0 Å². The van der Waals surface area contributed by atoms with Crippen LogP contribution in [-0.4, -0.2) is 13.2 Å². The molecule has 0 heterocycles. The first-order valence-corrected chi connectivity index (χ1v) is 6.98. The van der Waals surface area contributed by atoms with Crippen LogP contribution in [0.3, 0.4) is 0 Å². The van der Waals surface area contributed by atoms with Gasteiger partial charge in [-0.2, -0.15) is 0 Å². The van der Waals surface area contributed by atoms with Crippen LogP contribution in [0.2, 0.25) is 0 Å². The van der Waals surface area contributed by atoms with Gasteiger partial charge in [-0.3, -0.25) is 0 Å². The molecule has 0 aliphatic rings. The maximum Gasteiger partial charge on any atom is 0.165 e. The molecule has 5 heteroatoms. The van der Waals surface area contributed by atoms with E-state index in [4.69, 9.17) is 15.2 Å². The molecule has 2 rings (SSSR count). The number of ether oxygens (including phenoxy) is 2. The molecule has 0 aliphatic carbocycles. The van der Waals surface area contributed by atoms with Crippen molar-refractivity contribution in [3.63, 3.8) is 0 Å². The van der Waals surface area contributed by atoms with E-state index in [0.29, 0.717) is 13.2 Å². The molecule has 0 aromatic heterocycles. The predicted octanol–water partition coefficient (Wildman–Crippen LogP) is 3.50. The van der Waals surface area contributed by atoms with Crippen molar-refractivity contribution in [1.82, 2.24) is 0 Å². The van der Waals surface area contributed by atoms with Crippen molar-refractivity contribution < 1.29 is 13.9 Å². The number of halogens is 2. The summed E-state index contributed by atoms with van der Waals surface area (Å²) in [5.74, 6) is 0.558. The monoisotopic (exact) mass is 339 g/mol. The zero-order valence-electron chi connectivity index (χ0n) is 10.8. The van der Waals surface area contributed by atoms with Crippen LogP contribution in [0.15, 0.2) is 46.9 Å². The fourth-order valence-corrected chi connectivity index (χ4v) is 1.96. The lowest BCUT2D eigenvalue weighted by Gasteiger charge is -2.09. The first kappa shape index (κ1) is 14.8. The van der Waals surface area contributed by atoms with E-state index in [-0.39, 0.29) is 18.2 Å². The molecule has 2 N–H and O–H groups in total. The molecular formula is C15H15BrFNO2. The van der Waals surface area contributed by atoms with Crippen LogP contribution in [-0.2, 0) is 6.54 Å². The average Bonchev–Trinajstić information content (AvgIpc) is 2.47. The van der Waals surface area contributed by atoms with E-state index in [9.17, 15) is 4.39 Å². The van der Waals surface area contributed by atoms with Gasteiger partial charge in [0.15, 0.2) is 11.6 Å². The zero-order chi connectivity index (χ0) is 14.4. The van der Waals surface area contributed by atoms with Gasteiger partial charge >= 0.3 is 0 Å². The first-order chi connectivity index (χ1) is 9.69. The third kappa shape index (κ3) is 4.21. The molecule has 3 nitrogen and oxygen atoms in total. The highest BCUT2D eigenvalue weighted by Crippen LogP contribution is 2.22. The molecule has 2 aromatic carbocycles. The van der Waals surface area contributed by atoms with Gasteiger partial charge in [-0.05, 0) is 35.9 Å². The van der Waals surface area contributed by atoms with Crippen LogP contribution in [0.5, 0.6) is 11.5 Å². The Morgan fingerprint density at radius 3 is 2.40 bits per heavy atom. The van der Waals surface area contributed by atoms with Crippen molar-refractivity contribution in [3.8, 4) is 11.5 Å². The Bertz CT molecular complexity index is 560. The number of hydrogen-bond donors (Lipinski definition) is 1. The van der Waals surface area contributed by atoms with Gasteiger partial charge in [-0.15, -0.1) is 0 Å². The largest absolute Gasteiger partial charge is 0.490 e. The SMILES string of the molecule is NCc1ccc(OCCOc2cc(Br)ccc2F)cc1. The smallest absolute Gasteiger partial charge is 0.165 e. The summed E-state index contributed by atoms with van der Waals surface area (Å²) >= 11 is 3.27. The summed E-state index contributed by atoms with van der Waals surface area (Å²) < 4.78 is 25.0. The summed E-state index contributed by atoms with van der Waals surface area (Å²) in [7, 11) is 0. The van der Waals surface area contributed by atoms with Crippen LogP contribution in [0.4, 0.5) is 4.39 Å². The zero-order valence-corrected chi connectivity index (χ0v) is 12.4. The van der Waals surface area contributed by atoms with Crippen LogP contribution in [0.1, 0.15) is 5.56 Å². The highest BCUT2D eigenvalue weighted by molar-refractivity contribution is 9.10. The third-order valence-electron chi connectivity index (χ3n) is 2.66. The fourth-order valence-electron chi connectivity index (χ4n) is 1.62. The first-order valence-electron chi connectivity index (χ1n) is 6.18. The van der Waals surface area contributed by atoms with Gasteiger partial charge in [0, 0.05) is 11.0 Å². The van der Waals surface area contributed by atoms with Crippen molar-refractivity contribution in [3.05, 3.63) is 58.3 Å². The minimum atomic E-state index is -0.388. The van der Waals surface area contributed by atoms with E-state index in [0.717, 1.165) is 15.8 Å². The second-order valence-corrected chi connectivity index (χ2v) is 5.04. The maximum atomic E-state index is 13.4. The average molecular weight is 340 g/mol. The molecule has 0 aliphatic heterocycles. The Labute approximate surface area is 125 Å². The second-order valence-electron chi connectivity index (χ2n) is 4.12. The van der Waals surface area contributed by atoms with E-state index < -0.39 is 0 Å². The summed E-state index contributed by atoms with van der Waals surface area (Å²) in [5.41, 5.74) is 6.56. The Balaban J connectivity index is 1.79. The molecule has 0 saturated heterocycles. The van der Waals surface area contributed by atoms with Crippen LogP contribution < -0.4 is 15.2 Å². The summed E-state index contributed by atoms with van der Waals surface area (Å²) in [4.78, 5) is 0. The molecular weight excluding hydrogens is 325 g/mol. The molecule has 0 bridgehead atoms. The van der Waals surface area contributed by atoms with Crippen molar-refractivity contribution >= 4 is 15.9 Å². The maximum absolute atomic E-state index is 13.4. The summed E-state index contributed by atoms with van der Waals surface area (Å²) in [5, 5.41) is 0. The van der Waals surface area contributed by atoms with Gasteiger partial charge in [-0.25, -0.2) is 4.39 Å². The van der Waals surface area contributed by atoms with E-state index in [1.807, 2.05) is 24.3 Å². The lowest BCUT2D eigenvalue weighted by atomic mass is 10.2. The van der Waals surface area contributed by atoms with Crippen molar-refractivity contribution in [2.75, 3.05) is 13.2 Å². The second kappa shape index (κ2) is 7.26. The van der Waals surface area contributed by atoms with Crippen LogP contribution >= 0.6 is 15.9 Å². The Kier molecular flexibility index (Phi) is 5.38. The summed E-state index contributed by atoms with van der Waals surface area (Å²) in [6, 6.07) is 12.1. The summed E-state index contributed by atoms with van der Waals surface area (Å²) in [6.07, 6.45) is 0. The molecule has 2 aromatic rings. The molecule has 0 atom stereocenters. The van der Waals surface area contributed by atoms with Crippen LogP contribution in [0, 0.1) is 5.82 Å². The molecule has 0 saturated carbocycles. The number of rotatable bonds is 6. The van der Waals surface area contributed by atoms with Gasteiger partial charge < -0.3 is 15.2 Å². The molecule has 20 heavy (non-hydrogen) atoms. The molecule has 0 fully saturated rings. The molecule has 0 amide bonds. The standard InChI is InChI=1S/C15H15BrFNO2/c16-12-3-6-14(17)15(9-12)20-8-7-19-13-4-1-11(10-18)2-5-13/h1-6,9H,7-8,10,18H2. The highest BCUT2D eigenvalue weighted by Gasteiger charge is 2.03. The topological polar surface area (TPSA) is 44.5 Å². The Morgan fingerprint density at radius 2 is 1.70 bits per heavy atom. The highest BCUT2D eigenvalue weighted by atomic mass is 79.9. The fraction of sp³-hybridized carbons (Fsp3) is 0.200.